The maximum Gasteiger partial charge on any atom is 0.225 e. The van der Waals surface area contributed by atoms with Crippen molar-refractivity contribution in [1.29, 1.82) is 0 Å². The Bertz CT molecular complexity index is 237. The highest BCUT2D eigenvalue weighted by molar-refractivity contribution is 5.24. The van der Waals surface area contributed by atoms with Gasteiger partial charge in [-0.15, -0.1) is 0 Å². The van der Waals surface area contributed by atoms with Gasteiger partial charge in [-0.1, -0.05) is 0 Å². The number of hydrogen-bond donors (Lipinski definition) is 2. The molecule has 0 aliphatic heterocycles. The summed E-state index contributed by atoms with van der Waals surface area (Å²) in [6.45, 7) is 3.44. The van der Waals surface area contributed by atoms with Gasteiger partial charge in [-0.05, 0) is 19.9 Å². The standard InChI is InChI=1S/C7H10N3O/c1-5-3-4-8-7(9-5)10-6(2)11/h3,6,11H,1-2H3,(H,8,9,10). The molecule has 4 heteroatoms. The third kappa shape index (κ3) is 2.51. The molecule has 0 aromatic carbocycles. The largest absolute Gasteiger partial charge is 0.374 e. The molecule has 1 aromatic heterocycles. The Morgan fingerprint density at radius 3 is 3.00 bits per heavy atom. The highest BCUT2D eigenvalue weighted by Crippen LogP contribution is 1.98. The molecular formula is C7H10N3O. The molecule has 4 nitrogen and oxygen atoms in total. The van der Waals surface area contributed by atoms with E-state index in [1.165, 1.54) is 0 Å². The van der Waals surface area contributed by atoms with E-state index >= 15 is 0 Å². The Balaban J connectivity index is 2.71. The van der Waals surface area contributed by atoms with Gasteiger partial charge in [-0.3, -0.25) is 0 Å². The zero-order chi connectivity index (χ0) is 8.27. The third-order valence-electron chi connectivity index (χ3n) is 1.06. The number of aliphatic hydroxyl groups excluding tert-OH is 1. The molecule has 0 saturated heterocycles. The summed E-state index contributed by atoms with van der Waals surface area (Å²) in [5.74, 6) is 0.403. The summed E-state index contributed by atoms with van der Waals surface area (Å²) in [6, 6.07) is 1.67. The van der Waals surface area contributed by atoms with Crippen LogP contribution >= 0.6 is 0 Å². The molecular weight excluding hydrogens is 142 g/mol. The second kappa shape index (κ2) is 3.30. The second-order valence-corrected chi connectivity index (χ2v) is 2.28. The highest BCUT2D eigenvalue weighted by Gasteiger charge is 1.97. The van der Waals surface area contributed by atoms with E-state index in [1.807, 2.05) is 6.92 Å². The molecule has 11 heavy (non-hydrogen) atoms. The molecule has 1 radical (unpaired) electrons. The number of anilines is 1. The summed E-state index contributed by atoms with van der Waals surface area (Å²) in [5.41, 5.74) is 0.822. The average Bonchev–Trinajstić information content (AvgIpc) is 1.85. The number of hydrogen-bond acceptors (Lipinski definition) is 4. The van der Waals surface area contributed by atoms with Crippen LogP contribution in [0.15, 0.2) is 6.07 Å². The first-order chi connectivity index (χ1) is 5.18. The maximum atomic E-state index is 8.89. The van der Waals surface area contributed by atoms with Crippen LogP contribution in [0.1, 0.15) is 12.6 Å². The van der Waals surface area contributed by atoms with Gasteiger partial charge in [0.25, 0.3) is 0 Å². The van der Waals surface area contributed by atoms with Gasteiger partial charge >= 0.3 is 0 Å². The van der Waals surface area contributed by atoms with Crippen LogP contribution in [0.3, 0.4) is 0 Å². The van der Waals surface area contributed by atoms with E-state index in [1.54, 1.807) is 13.0 Å². The van der Waals surface area contributed by atoms with E-state index in [4.69, 9.17) is 5.11 Å². The summed E-state index contributed by atoms with van der Waals surface area (Å²) in [4.78, 5) is 7.77. The highest BCUT2D eigenvalue weighted by atomic mass is 16.3. The van der Waals surface area contributed by atoms with Crippen LogP contribution < -0.4 is 5.32 Å². The number of aromatic nitrogens is 2. The van der Waals surface area contributed by atoms with E-state index < -0.39 is 6.23 Å². The molecule has 1 rings (SSSR count). The fraction of sp³-hybridized carbons (Fsp3) is 0.429. The van der Waals surface area contributed by atoms with Gasteiger partial charge in [0.1, 0.15) is 6.23 Å². The van der Waals surface area contributed by atoms with Crippen molar-refractivity contribution in [1.82, 2.24) is 9.97 Å². The van der Waals surface area contributed by atoms with Crippen molar-refractivity contribution in [3.63, 3.8) is 0 Å². The van der Waals surface area contributed by atoms with Crippen LogP contribution in [0.5, 0.6) is 0 Å². The number of nitrogens with one attached hydrogen (secondary N) is 1. The Kier molecular flexibility index (Phi) is 2.38. The van der Waals surface area contributed by atoms with Crippen LogP contribution in [0.2, 0.25) is 0 Å². The second-order valence-electron chi connectivity index (χ2n) is 2.28. The first kappa shape index (κ1) is 7.94. The van der Waals surface area contributed by atoms with Gasteiger partial charge in [0.05, 0.1) is 6.20 Å². The van der Waals surface area contributed by atoms with Crippen molar-refractivity contribution in [2.24, 2.45) is 0 Å². The van der Waals surface area contributed by atoms with E-state index in [2.05, 4.69) is 21.5 Å². The molecule has 0 fully saturated rings. The molecule has 0 aliphatic rings. The number of aryl methyl sites for hydroxylation is 1. The van der Waals surface area contributed by atoms with Crippen molar-refractivity contribution in [3.8, 4) is 0 Å². The van der Waals surface area contributed by atoms with Gasteiger partial charge in [-0.2, -0.15) is 0 Å². The molecule has 0 spiro atoms. The van der Waals surface area contributed by atoms with Gasteiger partial charge < -0.3 is 10.4 Å². The van der Waals surface area contributed by atoms with E-state index in [9.17, 15) is 0 Å². The molecule has 0 saturated carbocycles. The Hall–Kier alpha value is -1.16. The lowest BCUT2D eigenvalue weighted by Gasteiger charge is -2.05. The molecule has 2 N–H and O–H groups in total. The number of aliphatic hydroxyl groups is 1. The Morgan fingerprint density at radius 2 is 2.45 bits per heavy atom. The average molecular weight is 152 g/mol. The lowest BCUT2D eigenvalue weighted by Crippen LogP contribution is -2.15. The monoisotopic (exact) mass is 152 g/mol. The van der Waals surface area contributed by atoms with Crippen molar-refractivity contribution >= 4 is 5.95 Å². The van der Waals surface area contributed by atoms with Crippen LogP contribution in [-0.2, 0) is 0 Å². The SMILES string of the molecule is Cc1c[c]nc(NC(C)O)n1. The lowest BCUT2D eigenvalue weighted by atomic mass is 10.5. The zero-order valence-electron chi connectivity index (χ0n) is 6.50. The molecule has 0 amide bonds. The summed E-state index contributed by atoms with van der Waals surface area (Å²) >= 11 is 0. The lowest BCUT2D eigenvalue weighted by molar-refractivity contribution is 0.223. The predicted molar refractivity (Wildman–Crippen MR) is 40.9 cm³/mol. The van der Waals surface area contributed by atoms with Crippen LogP contribution in [-0.4, -0.2) is 21.3 Å². The molecule has 0 aliphatic carbocycles. The number of rotatable bonds is 2. The summed E-state index contributed by atoms with van der Waals surface area (Å²) < 4.78 is 0. The minimum absolute atomic E-state index is 0.403. The third-order valence-corrected chi connectivity index (χ3v) is 1.06. The first-order valence-electron chi connectivity index (χ1n) is 3.35. The molecule has 1 unspecified atom stereocenters. The predicted octanol–water partition coefficient (Wildman–Crippen LogP) is 0.335. The van der Waals surface area contributed by atoms with Crippen LogP contribution in [0.25, 0.3) is 0 Å². The molecule has 59 valence electrons. The van der Waals surface area contributed by atoms with Crippen molar-refractivity contribution in [3.05, 3.63) is 18.0 Å². The summed E-state index contributed by atoms with van der Waals surface area (Å²) in [5, 5.41) is 11.5. The topological polar surface area (TPSA) is 58.0 Å². The van der Waals surface area contributed by atoms with Crippen molar-refractivity contribution in [2.75, 3.05) is 5.32 Å². The van der Waals surface area contributed by atoms with Crippen molar-refractivity contribution < 1.29 is 5.11 Å². The van der Waals surface area contributed by atoms with Crippen molar-refractivity contribution in [2.45, 2.75) is 20.1 Å². The minimum atomic E-state index is -0.634. The normalized spacial score (nSPS) is 12.6. The quantitative estimate of drug-likeness (QED) is 0.600. The number of nitrogens with zero attached hydrogens (tertiary/aromatic N) is 2. The van der Waals surface area contributed by atoms with E-state index in [-0.39, 0.29) is 0 Å². The minimum Gasteiger partial charge on any atom is -0.374 e. The molecule has 1 heterocycles. The van der Waals surface area contributed by atoms with E-state index in [0.29, 0.717) is 5.95 Å². The maximum absolute atomic E-state index is 8.89. The molecule has 1 atom stereocenters. The fourth-order valence-electron chi connectivity index (χ4n) is 0.663. The molecule has 0 bridgehead atoms. The smallest absolute Gasteiger partial charge is 0.225 e. The van der Waals surface area contributed by atoms with E-state index in [0.717, 1.165) is 5.69 Å². The van der Waals surface area contributed by atoms with Crippen LogP contribution in [0.4, 0.5) is 5.95 Å². The van der Waals surface area contributed by atoms with Gasteiger partial charge in [-0.25, -0.2) is 9.97 Å². The Labute approximate surface area is 65.3 Å². The Morgan fingerprint density at radius 1 is 1.73 bits per heavy atom. The van der Waals surface area contributed by atoms with Gasteiger partial charge in [0, 0.05) is 5.69 Å². The zero-order valence-corrected chi connectivity index (χ0v) is 6.50. The fourth-order valence-corrected chi connectivity index (χ4v) is 0.663. The summed E-state index contributed by atoms with van der Waals surface area (Å²) in [7, 11) is 0. The van der Waals surface area contributed by atoms with Gasteiger partial charge in [0.2, 0.25) is 5.95 Å². The first-order valence-corrected chi connectivity index (χ1v) is 3.35. The summed E-state index contributed by atoms with van der Waals surface area (Å²) in [6.07, 6.45) is 2.01. The molecule has 1 aromatic rings. The van der Waals surface area contributed by atoms with Gasteiger partial charge in [0.15, 0.2) is 0 Å². The van der Waals surface area contributed by atoms with Crippen LogP contribution in [0, 0.1) is 13.1 Å².